The molecule has 0 aliphatic heterocycles. The topological polar surface area (TPSA) is 59.4 Å². The van der Waals surface area contributed by atoms with Crippen LogP contribution in [0.2, 0.25) is 0 Å². The van der Waals surface area contributed by atoms with E-state index in [1.54, 1.807) is 6.07 Å². The molecule has 0 atom stereocenters. The van der Waals surface area contributed by atoms with Crippen LogP contribution in [0.15, 0.2) is 61.1 Å². The highest BCUT2D eigenvalue weighted by atomic mass is 19.1. The summed E-state index contributed by atoms with van der Waals surface area (Å²) in [6.07, 6.45) is 12.4. The molecule has 174 valence electrons. The van der Waals surface area contributed by atoms with E-state index < -0.39 is 5.82 Å². The van der Waals surface area contributed by atoms with E-state index in [0.29, 0.717) is 5.92 Å². The first-order valence-electron chi connectivity index (χ1n) is 12.2. The molecule has 0 amide bonds. The van der Waals surface area contributed by atoms with Gasteiger partial charge in [-0.3, -0.25) is 9.67 Å². The molecule has 3 aromatic heterocycles. The fourth-order valence-corrected chi connectivity index (χ4v) is 5.55. The summed E-state index contributed by atoms with van der Waals surface area (Å²) in [5, 5.41) is 15.7. The van der Waals surface area contributed by atoms with Gasteiger partial charge >= 0.3 is 0 Å². The summed E-state index contributed by atoms with van der Waals surface area (Å²) >= 11 is 0. The van der Waals surface area contributed by atoms with E-state index in [1.165, 1.54) is 38.2 Å². The maximum atomic E-state index is 14.7. The molecule has 0 radical (unpaired) electrons. The summed E-state index contributed by atoms with van der Waals surface area (Å²) in [5.74, 6) is 0.167. The van der Waals surface area contributed by atoms with E-state index in [2.05, 4.69) is 28.0 Å². The molecule has 35 heavy (non-hydrogen) atoms. The summed E-state index contributed by atoms with van der Waals surface area (Å²) in [5.41, 5.74) is 5.49. The molecule has 1 fully saturated rings. The van der Waals surface area contributed by atoms with Gasteiger partial charge in [-0.1, -0.05) is 31.4 Å². The molecule has 0 bridgehead atoms. The summed E-state index contributed by atoms with van der Waals surface area (Å²) < 4.78 is 18.9. The zero-order chi connectivity index (χ0) is 23.9. The monoisotopic (exact) mass is 463 g/mol. The number of hydrogen-bond acceptors (Lipinski definition) is 3. The van der Waals surface area contributed by atoms with Crippen molar-refractivity contribution in [3.05, 3.63) is 72.4 Å². The van der Waals surface area contributed by atoms with E-state index in [1.807, 2.05) is 48.4 Å². The van der Waals surface area contributed by atoms with E-state index in [4.69, 9.17) is 4.98 Å². The van der Waals surface area contributed by atoms with Crippen molar-refractivity contribution in [1.82, 2.24) is 19.3 Å². The first-order chi connectivity index (χ1) is 17.1. The van der Waals surface area contributed by atoms with Gasteiger partial charge in [0, 0.05) is 41.7 Å². The Balaban J connectivity index is 1.54. The van der Waals surface area contributed by atoms with Crippen molar-refractivity contribution >= 4 is 21.8 Å². The number of nitriles is 1. The fourth-order valence-electron chi connectivity index (χ4n) is 5.55. The minimum absolute atomic E-state index is 0.0436. The molecule has 0 spiro atoms. The lowest BCUT2D eigenvalue weighted by Gasteiger charge is -2.22. The molecule has 1 saturated carbocycles. The van der Waals surface area contributed by atoms with E-state index in [-0.39, 0.29) is 5.56 Å². The van der Waals surface area contributed by atoms with Crippen molar-refractivity contribution in [3.8, 4) is 28.5 Å². The Labute approximate surface area is 203 Å². The summed E-state index contributed by atoms with van der Waals surface area (Å²) in [7, 11) is 1.92. The van der Waals surface area contributed by atoms with Crippen LogP contribution in [0.3, 0.4) is 0 Å². The summed E-state index contributed by atoms with van der Waals surface area (Å²) in [6.45, 7) is 0.980. The standard InChI is InChI=1S/C29H26FN5/c1-34-26-10-9-21(13-23(26)16-33-34)29-28(20-7-8-22(15-31)25(30)14-20)24-11-12-35(27(24)17-32-29)18-19-5-3-2-4-6-19/h7-14,16-17,19H,2-6,18H2,1H3. The lowest BCUT2D eigenvalue weighted by atomic mass is 9.89. The number of halogens is 1. The molecule has 6 rings (SSSR count). The van der Waals surface area contributed by atoms with Gasteiger partial charge in [-0.25, -0.2) is 4.39 Å². The molecule has 5 aromatic rings. The maximum absolute atomic E-state index is 14.7. The molecule has 6 heteroatoms. The Morgan fingerprint density at radius 3 is 2.63 bits per heavy atom. The van der Waals surface area contributed by atoms with Crippen LogP contribution in [-0.4, -0.2) is 19.3 Å². The van der Waals surface area contributed by atoms with Gasteiger partial charge in [0.25, 0.3) is 0 Å². The minimum atomic E-state index is -0.516. The van der Waals surface area contributed by atoms with E-state index in [0.717, 1.165) is 50.7 Å². The first-order valence-corrected chi connectivity index (χ1v) is 12.2. The second kappa shape index (κ2) is 8.66. The Hall–Kier alpha value is -3.98. The lowest BCUT2D eigenvalue weighted by molar-refractivity contribution is 0.322. The average Bonchev–Trinajstić information content (AvgIpc) is 3.47. The molecule has 0 N–H and O–H groups in total. The van der Waals surface area contributed by atoms with Gasteiger partial charge in [0.2, 0.25) is 0 Å². The largest absolute Gasteiger partial charge is 0.346 e. The number of rotatable bonds is 4. The number of aromatic nitrogens is 4. The van der Waals surface area contributed by atoms with Crippen LogP contribution in [-0.2, 0) is 13.6 Å². The van der Waals surface area contributed by atoms with E-state index >= 15 is 0 Å². The van der Waals surface area contributed by atoms with Crippen molar-refractivity contribution in [3.63, 3.8) is 0 Å². The highest BCUT2D eigenvalue weighted by Crippen LogP contribution is 2.39. The van der Waals surface area contributed by atoms with Crippen molar-refractivity contribution in [2.45, 2.75) is 38.6 Å². The van der Waals surface area contributed by atoms with Crippen molar-refractivity contribution in [1.29, 1.82) is 5.26 Å². The van der Waals surface area contributed by atoms with Gasteiger partial charge in [0.05, 0.1) is 34.7 Å². The lowest BCUT2D eigenvalue weighted by Crippen LogP contribution is -2.13. The minimum Gasteiger partial charge on any atom is -0.346 e. The average molecular weight is 464 g/mol. The third kappa shape index (κ3) is 3.77. The van der Waals surface area contributed by atoms with Gasteiger partial charge in [0.15, 0.2) is 0 Å². The molecule has 1 aliphatic carbocycles. The highest BCUT2D eigenvalue weighted by molar-refractivity contribution is 6.02. The Morgan fingerprint density at radius 1 is 1.00 bits per heavy atom. The fraction of sp³-hybridized carbons (Fsp3) is 0.276. The zero-order valence-corrected chi connectivity index (χ0v) is 19.7. The molecule has 5 nitrogen and oxygen atoms in total. The predicted molar refractivity (Wildman–Crippen MR) is 136 cm³/mol. The quantitative estimate of drug-likeness (QED) is 0.293. The number of benzene rings is 2. The van der Waals surface area contributed by atoms with Crippen LogP contribution in [0.4, 0.5) is 4.39 Å². The number of aryl methyl sites for hydroxylation is 1. The molecule has 0 unspecified atom stereocenters. The molecular formula is C29H26FN5. The molecule has 1 aliphatic rings. The first kappa shape index (κ1) is 21.5. The van der Waals surface area contributed by atoms with Gasteiger partial charge in [-0.05, 0) is 54.7 Å². The number of hydrogen-bond donors (Lipinski definition) is 0. The molecule has 2 aromatic carbocycles. The van der Waals surface area contributed by atoms with Crippen LogP contribution in [0.25, 0.3) is 44.2 Å². The summed E-state index contributed by atoms with van der Waals surface area (Å²) in [4.78, 5) is 4.93. The normalized spacial score (nSPS) is 14.5. The van der Waals surface area contributed by atoms with Gasteiger partial charge in [0.1, 0.15) is 11.9 Å². The molecular weight excluding hydrogens is 437 g/mol. The van der Waals surface area contributed by atoms with Crippen molar-refractivity contribution < 1.29 is 4.39 Å². The number of fused-ring (bicyclic) bond motifs is 2. The highest BCUT2D eigenvalue weighted by Gasteiger charge is 2.20. The predicted octanol–water partition coefficient (Wildman–Crippen LogP) is 6.85. The molecule has 3 heterocycles. The van der Waals surface area contributed by atoms with Gasteiger partial charge < -0.3 is 4.57 Å². The van der Waals surface area contributed by atoms with Crippen LogP contribution >= 0.6 is 0 Å². The van der Waals surface area contributed by atoms with Crippen LogP contribution < -0.4 is 0 Å². The van der Waals surface area contributed by atoms with Gasteiger partial charge in [-0.15, -0.1) is 0 Å². The van der Waals surface area contributed by atoms with Crippen molar-refractivity contribution in [2.24, 2.45) is 13.0 Å². The maximum Gasteiger partial charge on any atom is 0.141 e. The Morgan fingerprint density at radius 2 is 1.83 bits per heavy atom. The third-order valence-electron chi connectivity index (χ3n) is 7.41. The van der Waals surface area contributed by atoms with Crippen LogP contribution in [0, 0.1) is 23.1 Å². The second-order valence-corrected chi connectivity index (χ2v) is 9.60. The Kier molecular flexibility index (Phi) is 5.33. The number of nitrogens with zero attached hydrogens (tertiary/aromatic N) is 5. The number of pyridine rings is 1. The van der Waals surface area contributed by atoms with Crippen LogP contribution in [0.5, 0.6) is 0 Å². The zero-order valence-electron chi connectivity index (χ0n) is 19.7. The SMILES string of the molecule is Cn1ncc2cc(-c3ncc4c(ccn4CC4CCCCC4)c3-c3ccc(C#N)c(F)c3)ccc21. The smallest absolute Gasteiger partial charge is 0.141 e. The second-order valence-electron chi connectivity index (χ2n) is 9.60. The Bertz CT molecular complexity index is 1600. The van der Waals surface area contributed by atoms with Crippen LogP contribution in [0.1, 0.15) is 37.7 Å². The van der Waals surface area contributed by atoms with E-state index in [9.17, 15) is 9.65 Å². The van der Waals surface area contributed by atoms with Gasteiger partial charge in [-0.2, -0.15) is 10.4 Å². The third-order valence-corrected chi connectivity index (χ3v) is 7.41. The molecule has 0 saturated heterocycles. The van der Waals surface area contributed by atoms with Crippen molar-refractivity contribution in [2.75, 3.05) is 0 Å². The summed E-state index contributed by atoms with van der Waals surface area (Å²) in [6, 6.07) is 15.0.